The molecule has 0 fully saturated rings. The highest BCUT2D eigenvalue weighted by Gasteiger charge is 2.02. The zero-order valence-corrected chi connectivity index (χ0v) is 14.6. The van der Waals surface area contributed by atoms with Gasteiger partial charge >= 0.3 is 0 Å². The molecule has 0 heterocycles. The Morgan fingerprint density at radius 1 is 1.00 bits per heavy atom. The molecule has 0 unspecified atom stereocenters. The lowest BCUT2D eigenvalue weighted by Gasteiger charge is -2.21. The first-order valence-corrected chi connectivity index (χ1v) is 8.27. The number of nitrogens with zero attached hydrogens (tertiary/aromatic N) is 1. The molecule has 3 heteroatoms. The molecule has 0 spiro atoms. The third-order valence-electron chi connectivity index (χ3n) is 3.75. The summed E-state index contributed by atoms with van der Waals surface area (Å²) in [4.78, 5) is 2.36. The van der Waals surface area contributed by atoms with Crippen LogP contribution in [0.5, 0.6) is 0 Å². The molecule has 2 rings (SSSR count). The van der Waals surface area contributed by atoms with E-state index in [1.54, 1.807) is 0 Å². The topological polar surface area (TPSA) is 15.3 Å². The number of hydrogen-bond donors (Lipinski definition) is 1. The van der Waals surface area contributed by atoms with Crippen molar-refractivity contribution in [1.29, 1.82) is 0 Å². The number of rotatable bonds is 6. The first kappa shape index (κ1) is 15.9. The third kappa shape index (κ3) is 4.24. The Labute approximate surface area is 136 Å². The van der Waals surface area contributed by atoms with Crippen LogP contribution < -0.4 is 10.2 Å². The van der Waals surface area contributed by atoms with E-state index in [2.05, 4.69) is 89.4 Å². The molecular formula is C18H23BrN2. The van der Waals surface area contributed by atoms with Crippen LogP contribution in [0.25, 0.3) is 0 Å². The maximum Gasteiger partial charge on any atom is 0.0400 e. The standard InChI is InChI=1S/C18H23BrN2/c1-4-21(5-2)17-10-7-15(8-11-17)13-20-18-12-16(19)9-6-14(18)3/h6-12,20H,4-5,13H2,1-3H3. The van der Waals surface area contributed by atoms with Gasteiger partial charge in [0.05, 0.1) is 0 Å². The van der Waals surface area contributed by atoms with Crippen LogP contribution in [0.4, 0.5) is 11.4 Å². The van der Waals surface area contributed by atoms with Crippen molar-refractivity contribution >= 4 is 27.3 Å². The van der Waals surface area contributed by atoms with Gasteiger partial charge < -0.3 is 10.2 Å². The van der Waals surface area contributed by atoms with E-state index in [1.165, 1.54) is 22.5 Å². The van der Waals surface area contributed by atoms with Crippen molar-refractivity contribution in [3.63, 3.8) is 0 Å². The van der Waals surface area contributed by atoms with Crippen LogP contribution in [0.15, 0.2) is 46.9 Å². The van der Waals surface area contributed by atoms with Crippen LogP contribution in [-0.2, 0) is 6.54 Å². The smallest absolute Gasteiger partial charge is 0.0400 e. The number of anilines is 2. The van der Waals surface area contributed by atoms with Gasteiger partial charge in [-0.05, 0) is 56.2 Å². The average molecular weight is 347 g/mol. The summed E-state index contributed by atoms with van der Waals surface area (Å²) in [6.07, 6.45) is 0. The number of benzene rings is 2. The zero-order valence-electron chi connectivity index (χ0n) is 13.0. The fourth-order valence-electron chi connectivity index (χ4n) is 2.40. The van der Waals surface area contributed by atoms with Gasteiger partial charge in [-0.3, -0.25) is 0 Å². The molecule has 0 aliphatic rings. The second-order valence-electron chi connectivity index (χ2n) is 5.15. The van der Waals surface area contributed by atoms with E-state index >= 15 is 0 Å². The van der Waals surface area contributed by atoms with Crippen LogP contribution in [-0.4, -0.2) is 13.1 Å². The third-order valence-corrected chi connectivity index (χ3v) is 4.24. The molecule has 0 aromatic heterocycles. The van der Waals surface area contributed by atoms with Gasteiger partial charge in [0.2, 0.25) is 0 Å². The van der Waals surface area contributed by atoms with E-state index in [9.17, 15) is 0 Å². The minimum atomic E-state index is 0.843. The molecule has 0 aliphatic heterocycles. The van der Waals surface area contributed by atoms with Crippen molar-refractivity contribution in [3.05, 3.63) is 58.1 Å². The molecule has 0 bridgehead atoms. The van der Waals surface area contributed by atoms with E-state index in [-0.39, 0.29) is 0 Å². The SMILES string of the molecule is CCN(CC)c1ccc(CNc2cc(Br)ccc2C)cc1. The molecule has 0 amide bonds. The maximum atomic E-state index is 3.52. The van der Waals surface area contributed by atoms with Gasteiger partial charge in [0.1, 0.15) is 0 Å². The molecule has 0 aliphatic carbocycles. The molecular weight excluding hydrogens is 324 g/mol. The Balaban J connectivity index is 2.02. The van der Waals surface area contributed by atoms with Crippen molar-refractivity contribution in [3.8, 4) is 0 Å². The molecule has 1 N–H and O–H groups in total. The first-order valence-electron chi connectivity index (χ1n) is 7.48. The predicted molar refractivity (Wildman–Crippen MR) is 96.2 cm³/mol. The van der Waals surface area contributed by atoms with Crippen molar-refractivity contribution in [2.24, 2.45) is 0 Å². The summed E-state index contributed by atoms with van der Waals surface area (Å²) in [5.41, 5.74) is 5.03. The fourth-order valence-corrected chi connectivity index (χ4v) is 2.76. The van der Waals surface area contributed by atoms with E-state index in [4.69, 9.17) is 0 Å². The second-order valence-corrected chi connectivity index (χ2v) is 6.07. The molecule has 112 valence electrons. The highest BCUT2D eigenvalue weighted by Crippen LogP contribution is 2.22. The van der Waals surface area contributed by atoms with Crippen molar-refractivity contribution in [2.75, 3.05) is 23.3 Å². The average Bonchev–Trinajstić information content (AvgIpc) is 2.51. The number of nitrogens with one attached hydrogen (secondary N) is 1. The van der Waals surface area contributed by atoms with Gasteiger partial charge in [-0.2, -0.15) is 0 Å². The van der Waals surface area contributed by atoms with E-state index in [1.807, 2.05) is 0 Å². The summed E-state index contributed by atoms with van der Waals surface area (Å²) >= 11 is 3.52. The molecule has 2 aromatic rings. The Kier molecular flexibility index (Phi) is 5.68. The zero-order chi connectivity index (χ0) is 15.2. The number of aryl methyl sites for hydroxylation is 1. The van der Waals surface area contributed by atoms with Gasteiger partial charge in [0.25, 0.3) is 0 Å². The van der Waals surface area contributed by atoms with Crippen molar-refractivity contribution in [1.82, 2.24) is 0 Å². The summed E-state index contributed by atoms with van der Waals surface area (Å²) in [7, 11) is 0. The summed E-state index contributed by atoms with van der Waals surface area (Å²) in [6.45, 7) is 9.44. The fraction of sp³-hybridized carbons (Fsp3) is 0.333. The molecule has 2 aromatic carbocycles. The Hall–Kier alpha value is -1.48. The van der Waals surface area contributed by atoms with Crippen LogP contribution in [0, 0.1) is 6.92 Å². The van der Waals surface area contributed by atoms with Gasteiger partial charge in [-0.15, -0.1) is 0 Å². The van der Waals surface area contributed by atoms with E-state index < -0.39 is 0 Å². The molecule has 0 radical (unpaired) electrons. The van der Waals surface area contributed by atoms with Crippen LogP contribution in [0.1, 0.15) is 25.0 Å². The minimum Gasteiger partial charge on any atom is -0.381 e. The van der Waals surface area contributed by atoms with E-state index in [0.29, 0.717) is 0 Å². The molecule has 0 atom stereocenters. The van der Waals surface area contributed by atoms with Gasteiger partial charge in [0, 0.05) is 35.5 Å². The summed E-state index contributed by atoms with van der Waals surface area (Å²) in [5.74, 6) is 0. The molecule has 0 saturated heterocycles. The number of halogens is 1. The Morgan fingerprint density at radius 2 is 1.67 bits per heavy atom. The lowest BCUT2D eigenvalue weighted by Crippen LogP contribution is -2.21. The second kappa shape index (κ2) is 7.51. The van der Waals surface area contributed by atoms with Crippen molar-refractivity contribution in [2.45, 2.75) is 27.3 Å². The monoisotopic (exact) mass is 346 g/mol. The number of hydrogen-bond acceptors (Lipinski definition) is 2. The molecule has 21 heavy (non-hydrogen) atoms. The van der Waals surface area contributed by atoms with Gasteiger partial charge in [-0.25, -0.2) is 0 Å². The highest BCUT2D eigenvalue weighted by atomic mass is 79.9. The quantitative estimate of drug-likeness (QED) is 0.771. The molecule has 2 nitrogen and oxygen atoms in total. The summed E-state index contributed by atoms with van der Waals surface area (Å²) < 4.78 is 1.10. The molecule has 0 saturated carbocycles. The maximum absolute atomic E-state index is 3.52. The lowest BCUT2D eigenvalue weighted by molar-refractivity contribution is 0.865. The van der Waals surface area contributed by atoms with Crippen LogP contribution >= 0.6 is 15.9 Å². The lowest BCUT2D eigenvalue weighted by atomic mass is 10.1. The Bertz CT molecular complexity index is 574. The largest absolute Gasteiger partial charge is 0.381 e. The van der Waals surface area contributed by atoms with Gasteiger partial charge in [-0.1, -0.05) is 34.1 Å². The summed E-state index contributed by atoms with van der Waals surface area (Å²) in [5, 5.41) is 3.50. The Morgan fingerprint density at radius 3 is 2.29 bits per heavy atom. The normalized spacial score (nSPS) is 10.5. The van der Waals surface area contributed by atoms with E-state index in [0.717, 1.165) is 24.1 Å². The minimum absolute atomic E-state index is 0.843. The highest BCUT2D eigenvalue weighted by molar-refractivity contribution is 9.10. The van der Waals surface area contributed by atoms with Crippen molar-refractivity contribution < 1.29 is 0 Å². The first-order chi connectivity index (χ1) is 10.1. The van der Waals surface area contributed by atoms with Crippen LogP contribution in [0.3, 0.4) is 0 Å². The summed E-state index contributed by atoms with van der Waals surface area (Å²) in [6, 6.07) is 15.1. The van der Waals surface area contributed by atoms with Gasteiger partial charge in [0.15, 0.2) is 0 Å². The van der Waals surface area contributed by atoms with Crippen LogP contribution in [0.2, 0.25) is 0 Å². The predicted octanol–water partition coefficient (Wildman–Crippen LogP) is 5.22.